The predicted octanol–water partition coefficient (Wildman–Crippen LogP) is 3.90. The highest BCUT2D eigenvalue weighted by Crippen LogP contribution is 2.26. The summed E-state index contributed by atoms with van der Waals surface area (Å²) in [5.74, 6) is -0.484. The zero-order valence-corrected chi connectivity index (χ0v) is 15.0. The van der Waals surface area contributed by atoms with E-state index >= 15 is 0 Å². The largest absolute Gasteiger partial charge is 0.325 e. The number of halogens is 1. The molecule has 2 amide bonds. The molecule has 3 rings (SSSR count). The summed E-state index contributed by atoms with van der Waals surface area (Å²) in [6.45, 7) is 2.00. The zero-order valence-electron chi connectivity index (χ0n) is 13.5. The number of nitrogens with one attached hydrogen (secondary N) is 2. The first-order valence-electron chi connectivity index (χ1n) is 7.68. The molecule has 2 aromatic carbocycles. The molecule has 128 valence electrons. The standard InChI is InChI=1S/C18H16ClN3O2S/c1-11-6-8-12(9-7-11)20-18-22-17(24)15(25-18)10-16(23)21-14-5-3-2-4-13(14)19/h2-9,15H,10H2,1H3,(H,21,23)(H,20,22,24). The van der Waals surface area contributed by atoms with Gasteiger partial charge in [0.2, 0.25) is 11.8 Å². The first-order chi connectivity index (χ1) is 12.0. The van der Waals surface area contributed by atoms with E-state index in [-0.39, 0.29) is 18.2 Å². The summed E-state index contributed by atoms with van der Waals surface area (Å²) in [5, 5.41) is 5.90. The third-order valence-corrected chi connectivity index (χ3v) is 4.97. The Hall–Kier alpha value is -2.31. The van der Waals surface area contributed by atoms with Gasteiger partial charge in [0.1, 0.15) is 5.25 Å². The molecule has 0 saturated carbocycles. The van der Waals surface area contributed by atoms with Crippen LogP contribution in [0, 0.1) is 6.92 Å². The number of carbonyl (C=O) groups excluding carboxylic acids is 2. The van der Waals surface area contributed by atoms with Crippen molar-refractivity contribution in [3.63, 3.8) is 0 Å². The molecule has 1 saturated heterocycles. The molecule has 0 aromatic heterocycles. The van der Waals surface area contributed by atoms with E-state index in [0.29, 0.717) is 15.9 Å². The van der Waals surface area contributed by atoms with E-state index in [2.05, 4.69) is 15.6 Å². The van der Waals surface area contributed by atoms with Gasteiger partial charge in [0.15, 0.2) is 5.17 Å². The molecular weight excluding hydrogens is 358 g/mol. The van der Waals surface area contributed by atoms with Crippen LogP contribution in [0.25, 0.3) is 0 Å². The van der Waals surface area contributed by atoms with Crippen LogP contribution in [0.4, 0.5) is 11.4 Å². The third kappa shape index (κ3) is 4.61. The minimum Gasteiger partial charge on any atom is -0.325 e. The number of hydrogen-bond acceptors (Lipinski definition) is 4. The Bertz CT molecular complexity index is 836. The van der Waals surface area contributed by atoms with Crippen LogP contribution in [0.2, 0.25) is 5.02 Å². The molecule has 0 radical (unpaired) electrons. The summed E-state index contributed by atoms with van der Waals surface area (Å²) in [6, 6.07) is 14.6. The van der Waals surface area contributed by atoms with Gasteiger partial charge in [0.05, 0.1) is 16.4 Å². The number of rotatable bonds is 4. The number of carbonyl (C=O) groups is 2. The van der Waals surface area contributed by atoms with Crippen molar-refractivity contribution in [2.24, 2.45) is 4.99 Å². The van der Waals surface area contributed by atoms with E-state index < -0.39 is 5.25 Å². The Morgan fingerprint density at radius 2 is 1.96 bits per heavy atom. The Morgan fingerprint density at radius 3 is 2.68 bits per heavy atom. The van der Waals surface area contributed by atoms with Crippen molar-refractivity contribution in [1.82, 2.24) is 5.32 Å². The SMILES string of the molecule is Cc1ccc(N=C2NC(=O)C(CC(=O)Nc3ccccc3Cl)S2)cc1. The van der Waals surface area contributed by atoms with E-state index in [1.54, 1.807) is 24.3 Å². The molecule has 1 aliphatic rings. The molecule has 1 aliphatic heterocycles. The zero-order chi connectivity index (χ0) is 17.8. The van der Waals surface area contributed by atoms with Crippen molar-refractivity contribution in [2.45, 2.75) is 18.6 Å². The number of amidine groups is 1. The second-order valence-electron chi connectivity index (χ2n) is 5.58. The number of para-hydroxylation sites is 1. The second kappa shape index (κ2) is 7.72. The fourth-order valence-electron chi connectivity index (χ4n) is 2.26. The average molecular weight is 374 g/mol. The molecule has 0 bridgehead atoms. The quantitative estimate of drug-likeness (QED) is 0.853. The smallest absolute Gasteiger partial charge is 0.240 e. The van der Waals surface area contributed by atoms with Gasteiger partial charge in [-0.05, 0) is 31.2 Å². The van der Waals surface area contributed by atoms with Crippen molar-refractivity contribution in [3.8, 4) is 0 Å². The molecule has 1 unspecified atom stereocenters. The lowest BCUT2D eigenvalue weighted by atomic mass is 10.2. The maximum absolute atomic E-state index is 12.2. The number of thioether (sulfide) groups is 1. The maximum atomic E-state index is 12.2. The highest BCUT2D eigenvalue weighted by atomic mass is 35.5. The number of aliphatic imine (C=N–C) groups is 1. The van der Waals surface area contributed by atoms with Crippen molar-refractivity contribution >= 4 is 51.7 Å². The van der Waals surface area contributed by atoms with Crippen LogP contribution in [0.1, 0.15) is 12.0 Å². The van der Waals surface area contributed by atoms with Gasteiger partial charge in [-0.15, -0.1) is 0 Å². The summed E-state index contributed by atoms with van der Waals surface area (Å²) in [5.41, 5.74) is 2.43. The van der Waals surface area contributed by atoms with Crippen molar-refractivity contribution in [1.29, 1.82) is 0 Å². The van der Waals surface area contributed by atoms with Gasteiger partial charge < -0.3 is 10.6 Å². The summed E-state index contributed by atoms with van der Waals surface area (Å²) >= 11 is 7.28. The van der Waals surface area contributed by atoms with E-state index in [0.717, 1.165) is 11.3 Å². The van der Waals surface area contributed by atoms with Gasteiger partial charge in [-0.1, -0.05) is 53.2 Å². The summed E-state index contributed by atoms with van der Waals surface area (Å²) in [6.07, 6.45) is 0.0502. The van der Waals surface area contributed by atoms with E-state index in [4.69, 9.17) is 11.6 Å². The minimum absolute atomic E-state index is 0.0502. The summed E-state index contributed by atoms with van der Waals surface area (Å²) < 4.78 is 0. The van der Waals surface area contributed by atoms with Gasteiger partial charge in [-0.2, -0.15) is 0 Å². The van der Waals surface area contributed by atoms with Crippen LogP contribution < -0.4 is 10.6 Å². The monoisotopic (exact) mass is 373 g/mol. The first-order valence-corrected chi connectivity index (χ1v) is 8.94. The van der Waals surface area contributed by atoms with Gasteiger partial charge in [0.25, 0.3) is 0 Å². The molecular formula is C18H16ClN3O2S. The molecule has 0 spiro atoms. The number of amides is 2. The molecule has 0 aliphatic carbocycles. The fourth-order valence-corrected chi connectivity index (χ4v) is 3.43. The van der Waals surface area contributed by atoms with E-state index in [9.17, 15) is 9.59 Å². The Morgan fingerprint density at radius 1 is 1.24 bits per heavy atom. The normalized spacial score (nSPS) is 18.2. The highest BCUT2D eigenvalue weighted by molar-refractivity contribution is 8.15. The fraction of sp³-hybridized carbons (Fsp3) is 0.167. The van der Waals surface area contributed by atoms with Crippen LogP contribution in [-0.2, 0) is 9.59 Å². The van der Waals surface area contributed by atoms with Gasteiger partial charge in [-0.3, -0.25) is 9.59 Å². The van der Waals surface area contributed by atoms with Crippen molar-refractivity contribution in [3.05, 3.63) is 59.1 Å². The van der Waals surface area contributed by atoms with Gasteiger partial charge in [-0.25, -0.2) is 4.99 Å². The molecule has 1 fully saturated rings. The molecule has 1 heterocycles. The summed E-state index contributed by atoms with van der Waals surface area (Å²) in [7, 11) is 0. The van der Waals surface area contributed by atoms with Crippen molar-refractivity contribution < 1.29 is 9.59 Å². The third-order valence-electron chi connectivity index (χ3n) is 3.56. The summed E-state index contributed by atoms with van der Waals surface area (Å²) in [4.78, 5) is 28.6. The van der Waals surface area contributed by atoms with Crippen LogP contribution in [-0.4, -0.2) is 22.2 Å². The van der Waals surface area contributed by atoms with Crippen LogP contribution in [0.15, 0.2) is 53.5 Å². The molecule has 2 N–H and O–H groups in total. The Balaban J connectivity index is 1.62. The second-order valence-corrected chi connectivity index (χ2v) is 7.18. The first kappa shape index (κ1) is 17.5. The maximum Gasteiger partial charge on any atom is 0.240 e. The lowest BCUT2D eigenvalue weighted by molar-refractivity contribution is -0.122. The van der Waals surface area contributed by atoms with Crippen LogP contribution >= 0.6 is 23.4 Å². The molecule has 7 heteroatoms. The molecule has 1 atom stereocenters. The highest BCUT2D eigenvalue weighted by Gasteiger charge is 2.32. The number of nitrogens with zero attached hydrogens (tertiary/aromatic N) is 1. The molecule has 2 aromatic rings. The van der Waals surface area contributed by atoms with E-state index in [1.165, 1.54) is 11.8 Å². The Kier molecular flexibility index (Phi) is 5.40. The lowest BCUT2D eigenvalue weighted by Gasteiger charge is -2.08. The van der Waals surface area contributed by atoms with Gasteiger partial charge in [0, 0.05) is 6.42 Å². The molecule has 5 nitrogen and oxygen atoms in total. The predicted molar refractivity (Wildman–Crippen MR) is 102 cm³/mol. The number of anilines is 1. The molecule has 25 heavy (non-hydrogen) atoms. The van der Waals surface area contributed by atoms with Crippen LogP contribution in [0.3, 0.4) is 0 Å². The lowest BCUT2D eigenvalue weighted by Crippen LogP contribution is -2.28. The van der Waals surface area contributed by atoms with Crippen LogP contribution in [0.5, 0.6) is 0 Å². The average Bonchev–Trinajstić information content (AvgIpc) is 2.91. The number of benzene rings is 2. The van der Waals surface area contributed by atoms with E-state index in [1.807, 2.05) is 31.2 Å². The van der Waals surface area contributed by atoms with Crippen molar-refractivity contribution in [2.75, 3.05) is 5.32 Å². The topological polar surface area (TPSA) is 70.6 Å². The Labute approximate surface area is 154 Å². The number of hydrogen-bond donors (Lipinski definition) is 2. The number of aryl methyl sites for hydroxylation is 1. The van der Waals surface area contributed by atoms with Gasteiger partial charge >= 0.3 is 0 Å². The minimum atomic E-state index is -0.508.